The van der Waals surface area contributed by atoms with Crippen molar-refractivity contribution >= 4 is 21.1 Å². The van der Waals surface area contributed by atoms with Gasteiger partial charge in [-0.3, -0.25) is 4.57 Å². The summed E-state index contributed by atoms with van der Waals surface area (Å²) >= 11 is 0. The molecule has 0 aliphatic heterocycles. The molecule has 2 rings (SSSR count). The first-order valence-electron chi connectivity index (χ1n) is 6.59. The van der Waals surface area contributed by atoms with Crippen LogP contribution < -0.4 is 5.76 Å². The minimum Gasteiger partial charge on any atom is -0.408 e. The van der Waals surface area contributed by atoms with Gasteiger partial charge in [-0.1, -0.05) is 13.8 Å². The van der Waals surface area contributed by atoms with Gasteiger partial charge in [0.2, 0.25) is 10.0 Å². The number of aryl methyl sites for hydroxylation is 1. The van der Waals surface area contributed by atoms with E-state index in [0.29, 0.717) is 30.7 Å². The lowest BCUT2D eigenvalue weighted by Gasteiger charge is -2.18. The molecule has 0 atom stereocenters. The van der Waals surface area contributed by atoms with Crippen LogP contribution in [0.4, 0.5) is 0 Å². The topological polar surface area (TPSA) is 72.5 Å². The second-order valence-electron chi connectivity index (χ2n) is 4.33. The number of hydrogen-bond acceptors (Lipinski definition) is 4. The van der Waals surface area contributed by atoms with Gasteiger partial charge < -0.3 is 4.42 Å². The molecule has 1 heterocycles. The van der Waals surface area contributed by atoms with Crippen LogP contribution in [0.25, 0.3) is 11.1 Å². The van der Waals surface area contributed by atoms with E-state index in [-0.39, 0.29) is 4.90 Å². The highest BCUT2D eigenvalue weighted by Crippen LogP contribution is 2.21. The van der Waals surface area contributed by atoms with Crippen molar-refractivity contribution in [2.45, 2.75) is 32.2 Å². The average Bonchev–Trinajstić information content (AvgIpc) is 2.73. The Bertz CT molecular complexity index is 769. The van der Waals surface area contributed by atoms with Gasteiger partial charge in [-0.25, -0.2) is 13.2 Å². The molecule has 0 saturated heterocycles. The van der Waals surface area contributed by atoms with Crippen LogP contribution in [0, 0.1) is 0 Å². The van der Waals surface area contributed by atoms with Gasteiger partial charge in [-0.05, 0) is 19.1 Å². The first-order valence-corrected chi connectivity index (χ1v) is 8.03. The van der Waals surface area contributed by atoms with Crippen molar-refractivity contribution in [3.63, 3.8) is 0 Å². The summed E-state index contributed by atoms with van der Waals surface area (Å²) < 4.78 is 32.7. The Morgan fingerprint density at radius 1 is 1.20 bits per heavy atom. The van der Waals surface area contributed by atoms with Gasteiger partial charge >= 0.3 is 5.76 Å². The maximum Gasteiger partial charge on any atom is 0.419 e. The summed E-state index contributed by atoms with van der Waals surface area (Å²) in [5, 5.41) is 0. The molecular formula is C13H18N2O4S. The van der Waals surface area contributed by atoms with Crippen molar-refractivity contribution < 1.29 is 12.8 Å². The summed E-state index contributed by atoms with van der Waals surface area (Å²) in [6.45, 7) is 6.68. The Balaban J connectivity index is 2.61. The van der Waals surface area contributed by atoms with E-state index in [4.69, 9.17) is 4.42 Å². The molecule has 0 N–H and O–H groups in total. The SMILES string of the molecule is CCN(CC)S(=O)(=O)c1ccc2c(c1)oc(=O)n2CC. The van der Waals surface area contributed by atoms with Crippen molar-refractivity contribution in [1.82, 2.24) is 8.87 Å². The lowest BCUT2D eigenvalue weighted by molar-refractivity contribution is 0.445. The first kappa shape index (κ1) is 14.8. The fraction of sp³-hybridized carbons (Fsp3) is 0.462. The highest BCUT2D eigenvalue weighted by atomic mass is 32.2. The quantitative estimate of drug-likeness (QED) is 0.841. The Morgan fingerprint density at radius 3 is 2.40 bits per heavy atom. The summed E-state index contributed by atoms with van der Waals surface area (Å²) in [6, 6.07) is 4.54. The van der Waals surface area contributed by atoms with Crippen LogP contribution in [0.2, 0.25) is 0 Å². The largest absolute Gasteiger partial charge is 0.419 e. The Hall–Kier alpha value is -1.60. The molecule has 110 valence electrons. The van der Waals surface area contributed by atoms with Gasteiger partial charge in [-0.2, -0.15) is 4.31 Å². The minimum absolute atomic E-state index is 0.144. The third-order valence-corrected chi connectivity index (χ3v) is 5.35. The number of hydrogen-bond donors (Lipinski definition) is 0. The lowest BCUT2D eigenvalue weighted by Crippen LogP contribution is -2.30. The van der Waals surface area contributed by atoms with Crippen LogP contribution >= 0.6 is 0 Å². The summed E-state index contributed by atoms with van der Waals surface area (Å²) in [4.78, 5) is 11.8. The van der Waals surface area contributed by atoms with E-state index in [1.165, 1.54) is 21.0 Å². The monoisotopic (exact) mass is 298 g/mol. The zero-order valence-corrected chi connectivity index (χ0v) is 12.6. The molecule has 20 heavy (non-hydrogen) atoms. The molecule has 0 aliphatic rings. The van der Waals surface area contributed by atoms with E-state index in [1.54, 1.807) is 19.9 Å². The maximum atomic E-state index is 12.4. The molecular weight excluding hydrogens is 280 g/mol. The van der Waals surface area contributed by atoms with E-state index >= 15 is 0 Å². The molecule has 7 heteroatoms. The average molecular weight is 298 g/mol. The number of sulfonamides is 1. The predicted octanol–water partition coefficient (Wildman–Crippen LogP) is 1.64. The molecule has 0 radical (unpaired) electrons. The van der Waals surface area contributed by atoms with Gasteiger partial charge in [0, 0.05) is 25.7 Å². The molecule has 1 aromatic carbocycles. The molecule has 2 aromatic rings. The fourth-order valence-corrected chi connectivity index (χ4v) is 3.69. The molecule has 0 fully saturated rings. The van der Waals surface area contributed by atoms with Gasteiger partial charge in [0.05, 0.1) is 10.4 Å². The molecule has 0 bridgehead atoms. The van der Waals surface area contributed by atoms with Crippen molar-refractivity contribution in [2.24, 2.45) is 0 Å². The van der Waals surface area contributed by atoms with E-state index in [1.807, 2.05) is 6.92 Å². The summed E-state index contributed by atoms with van der Waals surface area (Å²) in [5.74, 6) is -0.472. The van der Waals surface area contributed by atoms with E-state index in [0.717, 1.165) is 0 Å². The molecule has 0 aliphatic carbocycles. The van der Waals surface area contributed by atoms with Gasteiger partial charge in [-0.15, -0.1) is 0 Å². The smallest absolute Gasteiger partial charge is 0.408 e. The molecule has 0 unspecified atom stereocenters. The number of nitrogens with zero attached hydrogens (tertiary/aromatic N) is 2. The van der Waals surface area contributed by atoms with Crippen LogP contribution in [-0.2, 0) is 16.6 Å². The number of aromatic nitrogens is 1. The minimum atomic E-state index is -3.54. The van der Waals surface area contributed by atoms with E-state index < -0.39 is 15.8 Å². The Morgan fingerprint density at radius 2 is 1.85 bits per heavy atom. The first-order chi connectivity index (χ1) is 9.45. The van der Waals surface area contributed by atoms with Crippen LogP contribution in [-0.4, -0.2) is 30.4 Å². The Kier molecular flexibility index (Phi) is 4.01. The van der Waals surface area contributed by atoms with Crippen LogP contribution in [0.15, 0.2) is 32.3 Å². The molecule has 6 nitrogen and oxygen atoms in total. The maximum absolute atomic E-state index is 12.4. The van der Waals surface area contributed by atoms with E-state index in [9.17, 15) is 13.2 Å². The van der Waals surface area contributed by atoms with Crippen molar-refractivity contribution in [2.75, 3.05) is 13.1 Å². The third kappa shape index (κ3) is 2.27. The van der Waals surface area contributed by atoms with E-state index in [2.05, 4.69) is 0 Å². The van der Waals surface area contributed by atoms with Gasteiger partial charge in [0.15, 0.2) is 5.58 Å². The Labute approximate surface area is 117 Å². The second kappa shape index (κ2) is 5.41. The lowest BCUT2D eigenvalue weighted by atomic mass is 10.3. The highest BCUT2D eigenvalue weighted by Gasteiger charge is 2.22. The molecule has 1 aromatic heterocycles. The van der Waals surface area contributed by atoms with Crippen molar-refractivity contribution in [1.29, 1.82) is 0 Å². The number of fused-ring (bicyclic) bond motifs is 1. The second-order valence-corrected chi connectivity index (χ2v) is 6.27. The number of oxazole rings is 1. The highest BCUT2D eigenvalue weighted by molar-refractivity contribution is 7.89. The van der Waals surface area contributed by atoms with Crippen molar-refractivity contribution in [3.05, 3.63) is 28.7 Å². The summed E-state index contributed by atoms with van der Waals surface area (Å²) in [5.41, 5.74) is 0.904. The zero-order valence-electron chi connectivity index (χ0n) is 11.8. The van der Waals surface area contributed by atoms with Crippen molar-refractivity contribution in [3.8, 4) is 0 Å². The molecule has 0 saturated carbocycles. The van der Waals surface area contributed by atoms with Gasteiger partial charge in [0.1, 0.15) is 0 Å². The van der Waals surface area contributed by atoms with Crippen LogP contribution in [0.1, 0.15) is 20.8 Å². The van der Waals surface area contributed by atoms with Gasteiger partial charge in [0.25, 0.3) is 0 Å². The predicted molar refractivity (Wildman–Crippen MR) is 76.3 cm³/mol. The molecule has 0 spiro atoms. The van der Waals surface area contributed by atoms with Crippen LogP contribution in [0.3, 0.4) is 0 Å². The molecule has 0 amide bonds. The fourth-order valence-electron chi connectivity index (χ4n) is 2.22. The number of benzene rings is 1. The third-order valence-electron chi connectivity index (χ3n) is 3.30. The summed E-state index contributed by atoms with van der Waals surface area (Å²) in [6.07, 6.45) is 0. The van der Waals surface area contributed by atoms with Crippen LogP contribution in [0.5, 0.6) is 0 Å². The zero-order chi connectivity index (χ0) is 14.9. The standard InChI is InChI=1S/C13H18N2O4S/c1-4-14(5-2)20(17,18)10-7-8-11-12(9-10)19-13(16)15(11)6-3/h7-9H,4-6H2,1-3H3. The summed E-state index contributed by atoms with van der Waals surface area (Å²) in [7, 11) is -3.54. The normalized spacial score (nSPS) is 12.4. The number of rotatable bonds is 5.